The van der Waals surface area contributed by atoms with Crippen LogP contribution in [0.25, 0.3) is 22.4 Å². The van der Waals surface area contributed by atoms with E-state index < -0.39 is 11.6 Å². The monoisotopic (exact) mass is 369 g/mol. The molecule has 1 aromatic heterocycles. The van der Waals surface area contributed by atoms with E-state index in [-0.39, 0.29) is 11.7 Å². The summed E-state index contributed by atoms with van der Waals surface area (Å²) in [4.78, 5) is 24.1. The van der Waals surface area contributed by atoms with Crippen LogP contribution in [-0.2, 0) is 4.84 Å². The van der Waals surface area contributed by atoms with Crippen LogP contribution in [0.15, 0.2) is 47.6 Å². The molecule has 2 aromatic carbocycles. The summed E-state index contributed by atoms with van der Waals surface area (Å²) >= 11 is 0. The molecule has 7 nitrogen and oxygen atoms in total. The fourth-order valence-electron chi connectivity index (χ4n) is 2.39. The number of carbonyl (C=O) groups is 1. The fourth-order valence-corrected chi connectivity index (χ4v) is 2.39. The van der Waals surface area contributed by atoms with Crippen molar-refractivity contribution in [3.05, 3.63) is 53.8 Å². The second-order valence-corrected chi connectivity index (χ2v) is 7.05. The van der Waals surface area contributed by atoms with E-state index in [2.05, 4.69) is 20.4 Å². The van der Waals surface area contributed by atoms with E-state index in [1.807, 2.05) is 20.8 Å². The highest BCUT2D eigenvalue weighted by molar-refractivity contribution is 6.00. The lowest BCUT2D eigenvalue weighted by Gasteiger charge is -2.18. The highest BCUT2D eigenvalue weighted by Gasteiger charge is 2.15. The highest BCUT2D eigenvalue weighted by atomic mass is 19.1. The molecule has 0 fully saturated rings. The van der Waals surface area contributed by atoms with E-state index in [0.29, 0.717) is 11.4 Å². The van der Waals surface area contributed by atoms with Crippen LogP contribution in [0, 0.1) is 5.82 Å². The van der Waals surface area contributed by atoms with Gasteiger partial charge in [0.05, 0.1) is 11.0 Å². The molecule has 0 bridgehead atoms. The van der Waals surface area contributed by atoms with E-state index in [4.69, 9.17) is 10.6 Å². The van der Waals surface area contributed by atoms with Crippen LogP contribution in [0.5, 0.6) is 0 Å². The molecule has 1 amide bonds. The number of oxime groups is 1. The van der Waals surface area contributed by atoms with Crippen LogP contribution < -0.4 is 11.1 Å². The number of imidazole rings is 1. The molecule has 0 aliphatic carbocycles. The normalized spacial score (nSPS) is 12.2. The Morgan fingerprint density at radius 3 is 2.59 bits per heavy atom. The molecule has 3 rings (SSSR count). The third kappa shape index (κ3) is 4.60. The first kappa shape index (κ1) is 18.4. The number of aromatic amines is 1. The number of nitrogens with two attached hydrogens (primary N) is 1. The van der Waals surface area contributed by atoms with E-state index >= 15 is 0 Å². The third-order valence-electron chi connectivity index (χ3n) is 3.60. The van der Waals surface area contributed by atoms with Crippen LogP contribution in [0.4, 0.5) is 9.18 Å². The van der Waals surface area contributed by atoms with Crippen molar-refractivity contribution in [3.8, 4) is 11.4 Å². The summed E-state index contributed by atoms with van der Waals surface area (Å²) in [7, 11) is 0. The van der Waals surface area contributed by atoms with Crippen LogP contribution in [0.1, 0.15) is 26.3 Å². The van der Waals surface area contributed by atoms with E-state index in [9.17, 15) is 9.18 Å². The number of H-pyrrole nitrogens is 1. The van der Waals surface area contributed by atoms with E-state index in [0.717, 1.165) is 16.6 Å². The third-order valence-corrected chi connectivity index (χ3v) is 3.60. The number of hydrogen-bond donors (Lipinski definition) is 3. The zero-order chi connectivity index (χ0) is 19.6. The molecule has 8 heteroatoms. The Morgan fingerprint density at radius 2 is 1.93 bits per heavy atom. The van der Waals surface area contributed by atoms with E-state index in [1.54, 1.807) is 30.3 Å². The smallest absolute Gasteiger partial charge is 0.380 e. The number of nitrogens with one attached hydrogen (secondary N) is 2. The maximum absolute atomic E-state index is 13.1. The summed E-state index contributed by atoms with van der Waals surface area (Å²) < 4.78 is 13.1. The van der Waals surface area contributed by atoms with Crippen molar-refractivity contribution in [2.45, 2.75) is 26.3 Å². The SMILES string of the molecule is CC(C)(C)NC(=O)ON=C(N)c1ccc2nc(-c3ccc(F)cc3)[nH]c2c1. The van der Waals surface area contributed by atoms with Gasteiger partial charge in [-0.15, -0.1) is 0 Å². The molecule has 0 radical (unpaired) electrons. The van der Waals surface area contributed by atoms with Gasteiger partial charge < -0.3 is 16.0 Å². The van der Waals surface area contributed by atoms with Crippen molar-refractivity contribution >= 4 is 23.0 Å². The molecule has 0 unspecified atom stereocenters. The fraction of sp³-hybridized carbons (Fsp3) is 0.211. The second kappa shape index (κ2) is 7.06. The average Bonchev–Trinajstić information content (AvgIpc) is 3.02. The molecular formula is C19H20FN5O2. The number of amides is 1. The Hall–Kier alpha value is -3.42. The predicted octanol–water partition coefficient (Wildman–Crippen LogP) is 3.51. The van der Waals surface area contributed by atoms with Crippen LogP contribution in [-0.4, -0.2) is 27.4 Å². The Kier molecular flexibility index (Phi) is 4.81. The number of benzene rings is 2. The van der Waals surface area contributed by atoms with Crippen molar-refractivity contribution in [2.24, 2.45) is 10.9 Å². The molecule has 3 aromatic rings. The first-order valence-corrected chi connectivity index (χ1v) is 8.30. The van der Waals surface area contributed by atoms with Crippen LogP contribution in [0.3, 0.4) is 0 Å². The number of fused-ring (bicyclic) bond motifs is 1. The molecule has 4 N–H and O–H groups in total. The number of rotatable bonds is 3. The molecule has 0 saturated heterocycles. The van der Waals surface area contributed by atoms with Crippen molar-refractivity contribution in [1.82, 2.24) is 15.3 Å². The minimum Gasteiger partial charge on any atom is -0.380 e. The second-order valence-electron chi connectivity index (χ2n) is 7.05. The standard InChI is InChI=1S/C19H20FN5O2/c1-19(2,3)24-18(26)27-25-16(21)12-6-9-14-15(10-12)23-17(22-14)11-4-7-13(20)8-5-11/h4-10H,1-3H3,(H2,21,25)(H,22,23)(H,24,26). The number of amidine groups is 1. The lowest BCUT2D eigenvalue weighted by Crippen LogP contribution is -2.40. The Morgan fingerprint density at radius 1 is 1.22 bits per heavy atom. The van der Waals surface area contributed by atoms with Gasteiger partial charge in [-0.2, -0.15) is 0 Å². The van der Waals surface area contributed by atoms with Gasteiger partial charge in [0.2, 0.25) is 0 Å². The summed E-state index contributed by atoms with van der Waals surface area (Å²) in [5.74, 6) is 0.356. The van der Waals surface area contributed by atoms with Crippen molar-refractivity contribution in [2.75, 3.05) is 0 Å². The summed E-state index contributed by atoms with van der Waals surface area (Å²) in [5, 5.41) is 6.28. The number of hydrogen-bond acceptors (Lipinski definition) is 4. The van der Waals surface area contributed by atoms with Gasteiger partial charge in [-0.3, -0.25) is 4.84 Å². The number of aromatic nitrogens is 2. The average molecular weight is 369 g/mol. The minimum absolute atomic E-state index is 0.0545. The van der Waals surface area contributed by atoms with Gasteiger partial charge in [-0.1, -0.05) is 5.16 Å². The molecule has 27 heavy (non-hydrogen) atoms. The molecule has 0 aliphatic rings. The summed E-state index contributed by atoms with van der Waals surface area (Å²) in [6.07, 6.45) is -0.688. The number of halogens is 1. The van der Waals surface area contributed by atoms with Gasteiger partial charge in [0.15, 0.2) is 5.84 Å². The Balaban J connectivity index is 1.80. The first-order valence-electron chi connectivity index (χ1n) is 8.30. The topological polar surface area (TPSA) is 105 Å². The Labute approximate surface area is 155 Å². The molecule has 0 spiro atoms. The maximum Gasteiger partial charge on any atom is 0.433 e. The van der Waals surface area contributed by atoms with Crippen LogP contribution >= 0.6 is 0 Å². The predicted molar refractivity (Wildman–Crippen MR) is 102 cm³/mol. The van der Waals surface area contributed by atoms with Crippen LogP contribution in [0.2, 0.25) is 0 Å². The van der Waals surface area contributed by atoms with Crippen molar-refractivity contribution in [1.29, 1.82) is 0 Å². The molecule has 0 atom stereocenters. The quantitative estimate of drug-likeness (QED) is 0.284. The molecular weight excluding hydrogens is 349 g/mol. The van der Waals surface area contributed by atoms with Gasteiger partial charge in [-0.05, 0) is 63.2 Å². The first-order chi connectivity index (χ1) is 12.7. The zero-order valence-electron chi connectivity index (χ0n) is 15.2. The molecule has 0 saturated carbocycles. The number of nitrogens with zero attached hydrogens (tertiary/aromatic N) is 2. The van der Waals surface area contributed by atoms with Crippen molar-refractivity contribution in [3.63, 3.8) is 0 Å². The summed E-state index contributed by atoms with van der Waals surface area (Å²) in [6.45, 7) is 5.48. The van der Waals surface area contributed by atoms with Crippen molar-refractivity contribution < 1.29 is 14.0 Å². The lowest BCUT2D eigenvalue weighted by atomic mass is 10.1. The van der Waals surface area contributed by atoms with Gasteiger partial charge in [0.1, 0.15) is 11.6 Å². The molecule has 1 heterocycles. The minimum atomic E-state index is -0.688. The van der Waals surface area contributed by atoms with Gasteiger partial charge >= 0.3 is 6.09 Å². The number of carbonyl (C=O) groups excluding carboxylic acids is 1. The Bertz CT molecular complexity index is 1000. The highest BCUT2D eigenvalue weighted by Crippen LogP contribution is 2.21. The van der Waals surface area contributed by atoms with E-state index in [1.165, 1.54) is 12.1 Å². The van der Waals surface area contributed by atoms with Gasteiger partial charge in [0, 0.05) is 16.7 Å². The maximum atomic E-state index is 13.1. The molecule has 0 aliphatic heterocycles. The van der Waals surface area contributed by atoms with Gasteiger partial charge in [-0.25, -0.2) is 14.2 Å². The molecule has 140 valence electrons. The van der Waals surface area contributed by atoms with Gasteiger partial charge in [0.25, 0.3) is 0 Å². The largest absolute Gasteiger partial charge is 0.433 e. The summed E-state index contributed by atoms with van der Waals surface area (Å²) in [5.41, 5.74) is 8.24. The zero-order valence-corrected chi connectivity index (χ0v) is 15.2. The summed E-state index contributed by atoms with van der Waals surface area (Å²) in [6, 6.07) is 11.3. The lowest BCUT2D eigenvalue weighted by molar-refractivity contribution is 0.141.